The maximum absolute atomic E-state index is 4.86. The molecule has 0 fully saturated rings. The highest BCUT2D eigenvalue weighted by Crippen LogP contribution is 2.34. The summed E-state index contributed by atoms with van der Waals surface area (Å²) in [5, 5.41) is 1.35. The van der Waals surface area contributed by atoms with Gasteiger partial charge < -0.3 is 9.47 Å². The molecule has 148 valence electrons. The van der Waals surface area contributed by atoms with E-state index in [1.165, 1.54) is 38.9 Å². The van der Waals surface area contributed by atoms with Crippen LogP contribution in [-0.2, 0) is 25.9 Å². The molecule has 0 unspecified atom stereocenters. The third-order valence-corrected chi connectivity index (χ3v) is 5.78. The third kappa shape index (κ3) is 3.56. The summed E-state index contributed by atoms with van der Waals surface area (Å²) >= 11 is 0. The topological polar surface area (TPSA) is 21.1 Å². The molecule has 0 spiro atoms. The zero-order valence-corrected chi connectivity index (χ0v) is 18.1. The number of aromatic nitrogens is 2. The Morgan fingerprint density at radius 2 is 1.89 bits per heavy atom. The van der Waals surface area contributed by atoms with Crippen molar-refractivity contribution < 1.29 is 0 Å². The molecule has 3 heterocycles. The number of anilines is 1. The molecular formula is C24H30ClN3. The second-order valence-electron chi connectivity index (χ2n) is 7.79. The highest BCUT2D eigenvalue weighted by atomic mass is 35.5. The Balaban J connectivity index is 0.00000225. The van der Waals surface area contributed by atoms with E-state index in [0.717, 1.165) is 38.3 Å². The van der Waals surface area contributed by atoms with Gasteiger partial charge in [-0.3, -0.25) is 0 Å². The standard InChI is InChI=1S/C24H29N3.ClH/c1-5-22-18(4)21-10-13-25-24(23(21)27(22)15-11-17(2)3)26-14-12-19-8-6-7-9-20(19)16-26;/h6-11,13H,5,12,14-16H2,1-4H3;1H. The molecule has 0 amide bonds. The van der Waals surface area contributed by atoms with Gasteiger partial charge in [0.15, 0.2) is 5.82 Å². The van der Waals surface area contributed by atoms with Gasteiger partial charge in [-0.15, -0.1) is 12.4 Å². The predicted octanol–water partition coefficient (Wildman–Crippen LogP) is 5.86. The Hall–Kier alpha value is -2.26. The lowest BCUT2D eigenvalue weighted by molar-refractivity contribution is 0.716. The minimum Gasteiger partial charge on any atom is -0.350 e. The minimum atomic E-state index is 0. The number of pyridine rings is 1. The van der Waals surface area contributed by atoms with Crippen molar-refractivity contribution in [1.82, 2.24) is 9.55 Å². The SMILES string of the molecule is CCc1c(C)c2ccnc(N3CCc4ccccc4C3)c2n1CC=C(C)C.Cl. The van der Waals surface area contributed by atoms with E-state index in [4.69, 9.17) is 4.98 Å². The van der Waals surface area contributed by atoms with Crippen LogP contribution in [0.3, 0.4) is 0 Å². The zero-order valence-electron chi connectivity index (χ0n) is 17.3. The molecule has 2 aromatic heterocycles. The number of nitrogens with zero attached hydrogens (tertiary/aromatic N) is 3. The fraction of sp³-hybridized carbons (Fsp3) is 0.375. The van der Waals surface area contributed by atoms with Gasteiger partial charge in [0.2, 0.25) is 0 Å². The summed E-state index contributed by atoms with van der Waals surface area (Å²) in [6.45, 7) is 11.7. The summed E-state index contributed by atoms with van der Waals surface area (Å²) in [4.78, 5) is 7.33. The van der Waals surface area contributed by atoms with Crippen molar-refractivity contribution in [3.8, 4) is 0 Å². The van der Waals surface area contributed by atoms with Crippen LogP contribution < -0.4 is 4.90 Å². The molecule has 1 aliphatic rings. The van der Waals surface area contributed by atoms with Gasteiger partial charge in [0.1, 0.15) is 0 Å². The maximum atomic E-state index is 4.86. The predicted molar refractivity (Wildman–Crippen MR) is 122 cm³/mol. The number of aryl methyl sites for hydroxylation is 1. The highest BCUT2D eigenvalue weighted by Gasteiger charge is 2.22. The molecule has 0 N–H and O–H groups in total. The Labute approximate surface area is 174 Å². The van der Waals surface area contributed by atoms with Crippen LogP contribution in [0.15, 0.2) is 48.2 Å². The molecule has 0 aliphatic carbocycles. The van der Waals surface area contributed by atoms with Crippen LogP contribution in [0.2, 0.25) is 0 Å². The monoisotopic (exact) mass is 395 g/mol. The maximum Gasteiger partial charge on any atom is 0.153 e. The smallest absolute Gasteiger partial charge is 0.153 e. The Kier molecular flexibility index (Phi) is 6.14. The quantitative estimate of drug-likeness (QED) is 0.516. The summed E-state index contributed by atoms with van der Waals surface area (Å²) in [6, 6.07) is 11.0. The van der Waals surface area contributed by atoms with E-state index in [1.54, 1.807) is 0 Å². The number of benzene rings is 1. The molecule has 0 radical (unpaired) electrons. The number of hydrogen-bond acceptors (Lipinski definition) is 2. The summed E-state index contributed by atoms with van der Waals surface area (Å²) in [5.41, 5.74) is 8.38. The second-order valence-corrected chi connectivity index (χ2v) is 7.79. The third-order valence-electron chi connectivity index (χ3n) is 5.78. The fourth-order valence-corrected chi connectivity index (χ4v) is 4.34. The summed E-state index contributed by atoms with van der Waals surface area (Å²) in [5.74, 6) is 1.13. The Morgan fingerprint density at radius 3 is 2.61 bits per heavy atom. The average Bonchev–Trinajstić information content (AvgIpc) is 2.97. The molecule has 0 saturated carbocycles. The van der Waals surface area contributed by atoms with Gasteiger partial charge >= 0.3 is 0 Å². The number of hydrogen-bond donors (Lipinski definition) is 0. The van der Waals surface area contributed by atoms with Gasteiger partial charge in [-0.2, -0.15) is 0 Å². The molecule has 0 atom stereocenters. The normalized spacial score (nSPS) is 13.2. The number of halogens is 1. The molecule has 1 aliphatic heterocycles. The van der Waals surface area contributed by atoms with Crippen LogP contribution >= 0.6 is 12.4 Å². The van der Waals surface area contributed by atoms with Gasteiger partial charge in [0, 0.05) is 36.9 Å². The summed E-state index contributed by atoms with van der Waals surface area (Å²) < 4.78 is 2.49. The zero-order chi connectivity index (χ0) is 19.0. The first-order chi connectivity index (χ1) is 13.1. The van der Waals surface area contributed by atoms with Gasteiger partial charge in [-0.25, -0.2) is 4.98 Å². The number of allylic oxidation sites excluding steroid dienone is 2. The van der Waals surface area contributed by atoms with E-state index < -0.39 is 0 Å². The first-order valence-electron chi connectivity index (χ1n) is 10.0. The lowest BCUT2D eigenvalue weighted by atomic mass is 10.00. The van der Waals surface area contributed by atoms with Gasteiger partial charge in [0.25, 0.3) is 0 Å². The minimum absolute atomic E-state index is 0. The molecule has 1 aromatic carbocycles. The van der Waals surface area contributed by atoms with E-state index in [1.807, 2.05) is 6.20 Å². The van der Waals surface area contributed by atoms with E-state index in [9.17, 15) is 0 Å². The number of fused-ring (bicyclic) bond motifs is 2. The van der Waals surface area contributed by atoms with Crippen molar-refractivity contribution in [2.75, 3.05) is 11.4 Å². The fourth-order valence-electron chi connectivity index (χ4n) is 4.34. The van der Waals surface area contributed by atoms with Crippen LogP contribution in [0, 0.1) is 6.92 Å². The van der Waals surface area contributed by atoms with Gasteiger partial charge in [0.05, 0.1) is 5.52 Å². The first kappa shape index (κ1) is 20.5. The highest BCUT2D eigenvalue weighted by molar-refractivity contribution is 5.93. The lowest BCUT2D eigenvalue weighted by Gasteiger charge is -2.30. The molecular weight excluding hydrogens is 366 g/mol. The van der Waals surface area contributed by atoms with Crippen molar-refractivity contribution >= 4 is 29.1 Å². The van der Waals surface area contributed by atoms with E-state index >= 15 is 0 Å². The molecule has 3 nitrogen and oxygen atoms in total. The molecule has 3 aromatic rings. The molecule has 0 bridgehead atoms. The van der Waals surface area contributed by atoms with Crippen molar-refractivity contribution in [3.63, 3.8) is 0 Å². The van der Waals surface area contributed by atoms with Crippen molar-refractivity contribution in [2.24, 2.45) is 0 Å². The summed E-state index contributed by atoms with van der Waals surface area (Å²) in [6.07, 6.45) is 6.43. The Morgan fingerprint density at radius 1 is 1.14 bits per heavy atom. The van der Waals surface area contributed by atoms with Gasteiger partial charge in [-0.1, -0.05) is 42.8 Å². The summed E-state index contributed by atoms with van der Waals surface area (Å²) in [7, 11) is 0. The van der Waals surface area contributed by atoms with Crippen molar-refractivity contribution in [1.29, 1.82) is 0 Å². The van der Waals surface area contributed by atoms with Crippen LogP contribution in [0.1, 0.15) is 43.2 Å². The van der Waals surface area contributed by atoms with Crippen LogP contribution in [0.25, 0.3) is 10.9 Å². The van der Waals surface area contributed by atoms with E-state index in [-0.39, 0.29) is 12.4 Å². The van der Waals surface area contributed by atoms with Crippen LogP contribution in [0.4, 0.5) is 5.82 Å². The molecule has 0 saturated heterocycles. The van der Waals surface area contributed by atoms with E-state index in [2.05, 4.69) is 73.6 Å². The molecule has 28 heavy (non-hydrogen) atoms. The Bertz CT molecular complexity index is 1010. The average molecular weight is 396 g/mol. The van der Waals surface area contributed by atoms with Crippen molar-refractivity contribution in [3.05, 3.63) is 70.6 Å². The van der Waals surface area contributed by atoms with Crippen LogP contribution in [-0.4, -0.2) is 16.1 Å². The second kappa shape index (κ2) is 8.40. The molecule has 4 rings (SSSR count). The lowest BCUT2D eigenvalue weighted by Crippen LogP contribution is -2.31. The van der Waals surface area contributed by atoms with E-state index in [0.29, 0.717) is 0 Å². The first-order valence-corrected chi connectivity index (χ1v) is 10.0. The van der Waals surface area contributed by atoms with Gasteiger partial charge in [-0.05, 0) is 56.4 Å². The van der Waals surface area contributed by atoms with Crippen LogP contribution in [0.5, 0.6) is 0 Å². The largest absolute Gasteiger partial charge is 0.350 e. The van der Waals surface area contributed by atoms with Crippen molar-refractivity contribution in [2.45, 2.75) is 53.6 Å². The number of rotatable bonds is 4. The molecule has 4 heteroatoms.